The van der Waals surface area contributed by atoms with Gasteiger partial charge < -0.3 is 24.8 Å². The van der Waals surface area contributed by atoms with Crippen molar-refractivity contribution in [2.75, 3.05) is 32.8 Å². The molecular weight excluding hydrogens is 480 g/mol. The number of benzene rings is 1. The molecule has 2 aromatic heterocycles. The molecule has 0 fully saturated rings. The van der Waals surface area contributed by atoms with Gasteiger partial charge in [0.1, 0.15) is 25.1 Å². The lowest BCUT2D eigenvalue weighted by atomic mass is 10.1. The van der Waals surface area contributed by atoms with Gasteiger partial charge in [-0.2, -0.15) is 4.98 Å². The van der Waals surface area contributed by atoms with Crippen LogP contribution in [-0.4, -0.2) is 70.1 Å². The number of rotatable bonds is 13. The number of carbonyl (C=O) groups is 1. The van der Waals surface area contributed by atoms with Gasteiger partial charge in [-0.3, -0.25) is 9.69 Å². The normalized spacial score (nSPS) is 12.2. The lowest BCUT2D eigenvalue weighted by Gasteiger charge is -2.18. The summed E-state index contributed by atoms with van der Waals surface area (Å²) in [6, 6.07) is 5.95. The Kier molecular flexibility index (Phi) is 10.0. The van der Waals surface area contributed by atoms with Crippen LogP contribution in [0, 0.1) is 20.8 Å². The molecule has 0 aliphatic heterocycles. The lowest BCUT2D eigenvalue weighted by Crippen LogP contribution is -2.36. The minimum atomic E-state index is -0.899. The van der Waals surface area contributed by atoms with Crippen molar-refractivity contribution in [3.8, 4) is 27.9 Å². The van der Waals surface area contributed by atoms with Gasteiger partial charge in [-0.05, 0) is 75.2 Å². The standard InChI is InChI=1S/C26H36N4O5S/c1-6-8-30(7-2)13-22-16(3)11-21(36-22)26-28-25(29-35-26)19-9-17(4)24(18(5)10-19)34-15-20(32)12-27-23(33)14-31/h9-11,20,31-32H,6-8,12-15H2,1-5H3,(H,27,33)/t20-/m0/s1. The highest BCUT2D eigenvalue weighted by atomic mass is 32.1. The van der Waals surface area contributed by atoms with E-state index in [0.717, 1.165) is 47.6 Å². The predicted molar refractivity (Wildman–Crippen MR) is 140 cm³/mol. The summed E-state index contributed by atoms with van der Waals surface area (Å²) >= 11 is 1.69. The molecule has 0 saturated carbocycles. The first kappa shape index (κ1) is 27.8. The average Bonchev–Trinajstić information content (AvgIpc) is 3.48. The third-order valence-corrected chi connectivity index (χ3v) is 7.04. The molecule has 10 heteroatoms. The fourth-order valence-corrected chi connectivity index (χ4v) is 5.06. The molecule has 0 bridgehead atoms. The van der Waals surface area contributed by atoms with Gasteiger partial charge >= 0.3 is 0 Å². The molecule has 3 aromatic rings. The maximum Gasteiger partial charge on any atom is 0.268 e. The van der Waals surface area contributed by atoms with E-state index < -0.39 is 18.6 Å². The molecular formula is C26H36N4O5S. The maximum absolute atomic E-state index is 11.1. The Morgan fingerprint density at radius 2 is 1.92 bits per heavy atom. The molecule has 0 aliphatic carbocycles. The van der Waals surface area contributed by atoms with Gasteiger partial charge in [0.05, 0.1) is 4.88 Å². The molecule has 0 aliphatic rings. The fraction of sp³-hybridized carbons (Fsp3) is 0.500. The summed E-state index contributed by atoms with van der Waals surface area (Å²) in [6.07, 6.45) is 0.230. The lowest BCUT2D eigenvalue weighted by molar-refractivity contribution is -0.124. The molecule has 3 rings (SSSR count). The minimum Gasteiger partial charge on any atom is -0.490 e. The van der Waals surface area contributed by atoms with Crippen molar-refractivity contribution in [3.05, 3.63) is 39.8 Å². The van der Waals surface area contributed by atoms with Gasteiger partial charge in [0.2, 0.25) is 11.7 Å². The predicted octanol–water partition coefficient (Wildman–Crippen LogP) is 3.47. The van der Waals surface area contributed by atoms with E-state index in [-0.39, 0.29) is 13.2 Å². The van der Waals surface area contributed by atoms with E-state index in [1.807, 2.05) is 26.0 Å². The van der Waals surface area contributed by atoms with Crippen molar-refractivity contribution >= 4 is 17.2 Å². The highest BCUT2D eigenvalue weighted by Crippen LogP contribution is 2.34. The van der Waals surface area contributed by atoms with Gasteiger partial charge in [-0.25, -0.2) is 0 Å². The molecule has 1 atom stereocenters. The summed E-state index contributed by atoms with van der Waals surface area (Å²) in [5, 5.41) is 25.4. The van der Waals surface area contributed by atoms with Crippen LogP contribution in [0.5, 0.6) is 5.75 Å². The minimum absolute atomic E-state index is 0.000195. The van der Waals surface area contributed by atoms with Crippen LogP contribution in [0.3, 0.4) is 0 Å². The van der Waals surface area contributed by atoms with Crippen LogP contribution in [-0.2, 0) is 11.3 Å². The van der Waals surface area contributed by atoms with Gasteiger partial charge in [-0.15, -0.1) is 11.3 Å². The second kappa shape index (κ2) is 13.0. The monoisotopic (exact) mass is 516 g/mol. The zero-order valence-corrected chi connectivity index (χ0v) is 22.4. The number of aromatic nitrogens is 2. The molecule has 3 N–H and O–H groups in total. The van der Waals surface area contributed by atoms with E-state index in [2.05, 4.69) is 47.2 Å². The summed E-state index contributed by atoms with van der Waals surface area (Å²) in [7, 11) is 0. The molecule has 9 nitrogen and oxygen atoms in total. The first-order valence-electron chi connectivity index (χ1n) is 12.2. The van der Waals surface area contributed by atoms with E-state index in [4.69, 9.17) is 14.4 Å². The van der Waals surface area contributed by atoms with Gasteiger partial charge in [-0.1, -0.05) is 19.0 Å². The third-order valence-electron chi connectivity index (χ3n) is 5.83. The highest BCUT2D eigenvalue weighted by Gasteiger charge is 2.18. The zero-order valence-electron chi connectivity index (χ0n) is 21.6. The maximum atomic E-state index is 11.1. The number of aliphatic hydroxyl groups is 2. The summed E-state index contributed by atoms with van der Waals surface area (Å²) in [6.45, 7) is 12.7. The van der Waals surface area contributed by atoms with E-state index in [1.54, 1.807) is 11.3 Å². The summed E-state index contributed by atoms with van der Waals surface area (Å²) < 4.78 is 11.4. The quantitative estimate of drug-likeness (QED) is 0.316. The molecule has 2 heterocycles. The van der Waals surface area contributed by atoms with Crippen molar-refractivity contribution in [1.29, 1.82) is 0 Å². The van der Waals surface area contributed by atoms with Crippen LogP contribution in [0.1, 0.15) is 41.8 Å². The molecule has 36 heavy (non-hydrogen) atoms. The number of hydrogen-bond donors (Lipinski definition) is 3. The molecule has 0 spiro atoms. The number of thiophene rings is 1. The number of nitrogens with one attached hydrogen (secondary N) is 1. The molecule has 1 amide bonds. The van der Waals surface area contributed by atoms with Gasteiger partial charge in [0.15, 0.2) is 0 Å². The summed E-state index contributed by atoms with van der Waals surface area (Å²) in [5.41, 5.74) is 3.79. The number of nitrogens with zero attached hydrogens (tertiary/aromatic N) is 3. The van der Waals surface area contributed by atoms with Crippen LogP contribution in [0.25, 0.3) is 22.2 Å². The zero-order chi connectivity index (χ0) is 26.2. The number of hydrogen-bond acceptors (Lipinski definition) is 9. The number of amides is 1. The van der Waals surface area contributed by atoms with E-state index in [1.165, 1.54) is 10.4 Å². The van der Waals surface area contributed by atoms with Crippen molar-refractivity contribution in [1.82, 2.24) is 20.4 Å². The molecule has 0 saturated heterocycles. The van der Waals surface area contributed by atoms with Crippen LogP contribution in [0.2, 0.25) is 0 Å². The number of aliphatic hydroxyl groups excluding tert-OH is 2. The fourth-order valence-electron chi connectivity index (χ4n) is 3.92. The smallest absolute Gasteiger partial charge is 0.268 e. The van der Waals surface area contributed by atoms with E-state index in [9.17, 15) is 9.90 Å². The molecule has 0 radical (unpaired) electrons. The van der Waals surface area contributed by atoms with Gasteiger partial charge in [0.25, 0.3) is 5.89 Å². The second-order valence-electron chi connectivity index (χ2n) is 8.87. The van der Waals surface area contributed by atoms with Crippen molar-refractivity contribution in [2.24, 2.45) is 0 Å². The molecule has 1 aromatic carbocycles. The Balaban J connectivity index is 1.70. The summed E-state index contributed by atoms with van der Waals surface area (Å²) in [4.78, 5) is 20.5. The Bertz CT molecular complexity index is 1140. The van der Waals surface area contributed by atoms with Crippen LogP contribution in [0.15, 0.2) is 22.7 Å². The first-order valence-corrected chi connectivity index (χ1v) is 13.0. The third kappa shape index (κ3) is 7.13. The van der Waals surface area contributed by atoms with E-state index >= 15 is 0 Å². The average molecular weight is 517 g/mol. The van der Waals surface area contributed by atoms with Crippen molar-refractivity contribution < 1.29 is 24.3 Å². The van der Waals surface area contributed by atoms with Crippen LogP contribution < -0.4 is 10.1 Å². The summed E-state index contributed by atoms with van der Waals surface area (Å²) in [5.74, 6) is 1.12. The van der Waals surface area contributed by atoms with Crippen molar-refractivity contribution in [2.45, 2.75) is 53.7 Å². The second-order valence-corrected chi connectivity index (χ2v) is 10.0. The highest BCUT2D eigenvalue weighted by molar-refractivity contribution is 7.15. The number of ether oxygens (including phenoxy) is 1. The Hall–Kier alpha value is -2.79. The first-order chi connectivity index (χ1) is 17.2. The molecule has 196 valence electrons. The van der Waals surface area contributed by atoms with Crippen LogP contribution in [0.4, 0.5) is 0 Å². The van der Waals surface area contributed by atoms with Gasteiger partial charge in [0, 0.05) is 23.5 Å². The molecule has 0 unspecified atom stereocenters. The SMILES string of the molecule is CCCN(CC)Cc1sc(-c2nc(-c3cc(C)c(OC[C@@H](O)CNC(=O)CO)c(C)c3)no2)cc1C. The largest absolute Gasteiger partial charge is 0.490 e. The van der Waals surface area contributed by atoms with Crippen LogP contribution >= 0.6 is 11.3 Å². The number of aryl methyl sites for hydroxylation is 3. The number of carbonyl (C=O) groups excluding carboxylic acids is 1. The Morgan fingerprint density at radius 3 is 2.56 bits per heavy atom. The topological polar surface area (TPSA) is 121 Å². The van der Waals surface area contributed by atoms with E-state index in [0.29, 0.717) is 17.5 Å². The van der Waals surface area contributed by atoms with Crippen molar-refractivity contribution in [3.63, 3.8) is 0 Å². The Labute approximate surface area is 216 Å². The Morgan fingerprint density at radius 1 is 1.19 bits per heavy atom.